The summed E-state index contributed by atoms with van der Waals surface area (Å²) in [6, 6.07) is 6.26. The van der Waals surface area contributed by atoms with Crippen molar-refractivity contribution in [2.24, 2.45) is 0 Å². The Balaban J connectivity index is 2.14. The number of rotatable bonds is 2. The lowest BCUT2D eigenvalue weighted by Crippen LogP contribution is -1.97. The summed E-state index contributed by atoms with van der Waals surface area (Å²) in [7, 11) is 0. The summed E-state index contributed by atoms with van der Waals surface area (Å²) < 4.78 is 2.90. The van der Waals surface area contributed by atoms with E-state index in [0.717, 1.165) is 27.4 Å². The highest BCUT2D eigenvalue weighted by molar-refractivity contribution is 7.71. The molecule has 3 nitrogen and oxygen atoms in total. The molecule has 18 heavy (non-hydrogen) atoms. The molecule has 2 heterocycles. The van der Waals surface area contributed by atoms with E-state index in [-0.39, 0.29) is 0 Å². The first kappa shape index (κ1) is 11.6. The minimum atomic E-state index is 0.769. The van der Waals surface area contributed by atoms with Crippen LogP contribution in [-0.4, -0.2) is 14.5 Å². The second-order valence-electron chi connectivity index (χ2n) is 4.33. The van der Waals surface area contributed by atoms with Crippen LogP contribution in [0, 0.1) is 18.6 Å². The molecule has 3 rings (SSSR count). The zero-order chi connectivity index (χ0) is 12.7. The second kappa shape index (κ2) is 4.33. The Morgan fingerprint density at radius 3 is 2.94 bits per heavy atom. The van der Waals surface area contributed by atoms with Crippen molar-refractivity contribution >= 4 is 34.6 Å². The molecule has 3 aromatic rings. The van der Waals surface area contributed by atoms with Gasteiger partial charge in [-0.25, -0.2) is 4.98 Å². The average Bonchev–Trinajstić information content (AvgIpc) is 2.87. The smallest absolute Gasteiger partial charge is 0.178 e. The number of hydrogen-bond acceptors (Lipinski definition) is 3. The molecule has 0 aliphatic heterocycles. The van der Waals surface area contributed by atoms with Crippen LogP contribution >= 0.6 is 23.6 Å². The summed E-state index contributed by atoms with van der Waals surface area (Å²) >= 11 is 7.13. The van der Waals surface area contributed by atoms with E-state index in [1.807, 2.05) is 13.1 Å². The van der Waals surface area contributed by atoms with Crippen molar-refractivity contribution in [3.8, 4) is 0 Å². The van der Waals surface area contributed by atoms with Gasteiger partial charge in [-0.3, -0.25) is 0 Å². The summed E-state index contributed by atoms with van der Waals surface area (Å²) in [6.07, 6.45) is 1.93. The molecule has 0 atom stereocenters. The van der Waals surface area contributed by atoms with E-state index in [9.17, 15) is 0 Å². The van der Waals surface area contributed by atoms with E-state index < -0.39 is 0 Å². The molecule has 0 fully saturated rings. The fraction of sp³-hybridized carbons (Fsp3) is 0.231. The van der Waals surface area contributed by atoms with Gasteiger partial charge in [0.2, 0.25) is 0 Å². The molecule has 0 aliphatic carbocycles. The number of fused-ring (bicyclic) bond motifs is 1. The number of aromatic amines is 1. The molecular weight excluding hydrogens is 262 g/mol. The van der Waals surface area contributed by atoms with E-state index in [1.54, 1.807) is 11.3 Å². The summed E-state index contributed by atoms with van der Waals surface area (Å²) in [5.74, 6) is 0. The van der Waals surface area contributed by atoms with Gasteiger partial charge in [-0.15, -0.1) is 11.3 Å². The number of aryl methyl sites for hydroxylation is 2. The minimum absolute atomic E-state index is 0.769. The molecule has 0 radical (unpaired) electrons. The Bertz CT molecular complexity index is 764. The van der Waals surface area contributed by atoms with Crippen LogP contribution in [0.5, 0.6) is 0 Å². The molecule has 0 aliphatic rings. The second-order valence-corrected chi connectivity index (χ2v) is 6.04. The fourth-order valence-corrected chi connectivity index (χ4v) is 3.16. The molecule has 92 valence electrons. The zero-order valence-electron chi connectivity index (χ0n) is 10.2. The first-order chi connectivity index (χ1) is 8.65. The third-order valence-electron chi connectivity index (χ3n) is 3.00. The van der Waals surface area contributed by atoms with E-state index in [1.165, 1.54) is 10.4 Å². The van der Waals surface area contributed by atoms with Gasteiger partial charge in [0, 0.05) is 11.1 Å². The lowest BCUT2D eigenvalue weighted by Gasteiger charge is -2.02. The van der Waals surface area contributed by atoms with Gasteiger partial charge in [0.25, 0.3) is 0 Å². The number of aromatic nitrogens is 3. The quantitative estimate of drug-likeness (QED) is 0.721. The molecule has 0 unspecified atom stereocenters. The number of imidazole rings is 1. The Hall–Kier alpha value is -1.46. The lowest BCUT2D eigenvalue weighted by atomic mass is 10.2. The van der Waals surface area contributed by atoms with Gasteiger partial charge < -0.3 is 9.55 Å². The molecule has 0 saturated heterocycles. The SMILES string of the molecule is Cc1ncc(Cn2c(=S)[nH]c3c(C)cccc32)s1. The highest BCUT2D eigenvalue weighted by atomic mass is 32.1. The largest absolute Gasteiger partial charge is 0.330 e. The van der Waals surface area contributed by atoms with Crippen LogP contribution in [0.15, 0.2) is 24.4 Å². The van der Waals surface area contributed by atoms with Gasteiger partial charge in [-0.2, -0.15) is 0 Å². The Morgan fingerprint density at radius 2 is 2.22 bits per heavy atom. The maximum absolute atomic E-state index is 5.41. The van der Waals surface area contributed by atoms with Gasteiger partial charge in [0.05, 0.1) is 22.6 Å². The molecule has 0 spiro atoms. The predicted molar refractivity (Wildman–Crippen MR) is 77.8 cm³/mol. The topological polar surface area (TPSA) is 33.6 Å². The van der Waals surface area contributed by atoms with Crippen LogP contribution in [0.2, 0.25) is 0 Å². The molecule has 2 aromatic heterocycles. The third kappa shape index (κ3) is 1.89. The monoisotopic (exact) mass is 275 g/mol. The standard InChI is InChI=1S/C13H13N3S2/c1-8-4-3-5-11-12(8)15-13(17)16(11)7-10-6-14-9(2)18-10/h3-6H,7H2,1-2H3,(H,15,17). The van der Waals surface area contributed by atoms with Gasteiger partial charge in [-0.05, 0) is 37.7 Å². The molecule has 5 heteroatoms. The van der Waals surface area contributed by atoms with Crippen LogP contribution in [-0.2, 0) is 6.54 Å². The number of para-hydroxylation sites is 1. The number of nitrogens with zero attached hydrogens (tertiary/aromatic N) is 2. The van der Waals surface area contributed by atoms with Gasteiger partial charge in [0.1, 0.15) is 0 Å². The minimum Gasteiger partial charge on any atom is -0.330 e. The first-order valence-corrected chi connectivity index (χ1v) is 6.97. The molecule has 0 amide bonds. The Kier molecular flexibility index (Phi) is 2.80. The Labute approximate surface area is 114 Å². The molecular formula is C13H13N3S2. The maximum Gasteiger partial charge on any atom is 0.178 e. The normalized spacial score (nSPS) is 11.2. The summed E-state index contributed by atoms with van der Waals surface area (Å²) in [5, 5.41) is 1.09. The van der Waals surface area contributed by atoms with Gasteiger partial charge in [0.15, 0.2) is 4.77 Å². The summed E-state index contributed by atoms with van der Waals surface area (Å²) in [4.78, 5) is 8.80. The van der Waals surface area contributed by atoms with Crippen molar-refractivity contribution in [3.63, 3.8) is 0 Å². The number of thiazole rings is 1. The van der Waals surface area contributed by atoms with Crippen molar-refractivity contribution in [3.05, 3.63) is 44.6 Å². The van der Waals surface area contributed by atoms with E-state index in [4.69, 9.17) is 12.2 Å². The zero-order valence-corrected chi connectivity index (χ0v) is 11.9. The average molecular weight is 275 g/mol. The summed E-state index contributed by atoms with van der Waals surface area (Å²) in [6.45, 7) is 4.90. The molecule has 1 aromatic carbocycles. The van der Waals surface area contributed by atoms with Crippen LogP contribution in [0.25, 0.3) is 11.0 Å². The predicted octanol–water partition coefficient (Wildman–Crippen LogP) is 3.82. The van der Waals surface area contributed by atoms with Crippen LogP contribution < -0.4 is 0 Å². The van der Waals surface area contributed by atoms with Crippen molar-refractivity contribution in [2.45, 2.75) is 20.4 Å². The number of H-pyrrole nitrogens is 1. The van der Waals surface area contributed by atoms with Crippen molar-refractivity contribution in [1.82, 2.24) is 14.5 Å². The Morgan fingerprint density at radius 1 is 1.39 bits per heavy atom. The highest BCUT2D eigenvalue weighted by Gasteiger charge is 2.07. The van der Waals surface area contributed by atoms with E-state index in [0.29, 0.717) is 0 Å². The number of hydrogen-bond donors (Lipinski definition) is 1. The number of benzene rings is 1. The van der Waals surface area contributed by atoms with Gasteiger partial charge in [-0.1, -0.05) is 12.1 Å². The molecule has 1 N–H and O–H groups in total. The maximum atomic E-state index is 5.41. The van der Waals surface area contributed by atoms with Crippen LogP contribution in [0.3, 0.4) is 0 Å². The van der Waals surface area contributed by atoms with Gasteiger partial charge >= 0.3 is 0 Å². The van der Waals surface area contributed by atoms with Crippen LogP contribution in [0.1, 0.15) is 15.4 Å². The van der Waals surface area contributed by atoms with Crippen molar-refractivity contribution < 1.29 is 0 Å². The summed E-state index contributed by atoms with van der Waals surface area (Å²) in [5.41, 5.74) is 3.51. The van der Waals surface area contributed by atoms with E-state index in [2.05, 4.69) is 39.7 Å². The molecule has 0 saturated carbocycles. The van der Waals surface area contributed by atoms with E-state index >= 15 is 0 Å². The fourth-order valence-electron chi connectivity index (χ4n) is 2.11. The number of nitrogens with one attached hydrogen (secondary N) is 1. The van der Waals surface area contributed by atoms with Crippen molar-refractivity contribution in [1.29, 1.82) is 0 Å². The highest BCUT2D eigenvalue weighted by Crippen LogP contribution is 2.21. The lowest BCUT2D eigenvalue weighted by molar-refractivity contribution is 0.821. The van der Waals surface area contributed by atoms with Crippen LogP contribution in [0.4, 0.5) is 0 Å². The third-order valence-corrected chi connectivity index (χ3v) is 4.22. The molecule has 0 bridgehead atoms. The first-order valence-electron chi connectivity index (χ1n) is 5.74. The van der Waals surface area contributed by atoms with Crippen molar-refractivity contribution in [2.75, 3.05) is 0 Å².